The van der Waals surface area contributed by atoms with Crippen molar-refractivity contribution in [1.29, 1.82) is 0 Å². The van der Waals surface area contributed by atoms with Gasteiger partial charge in [-0.2, -0.15) is 5.10 Å². The molecule has 4 rings (SSSR count). The smallest absolute Gasteiger partial charge is 0.235 e. The number of terminal acetylenes is 1. The number of amides is 1. The van der Waals surface area contributed by atoms with Crippen molar-refractivity contribution in [1.82, 2.24) is 9.78 Å². The fourth-order valence-electron chi connectivity index (χ4n) is 3.49. The highest BCUT2D eigenvalue weighted by atomic mass is 32.2. The average Bonchev–Trinajstić information content (AvgIpc) is 2.92. The molecule has 29 heavy (non-hydrogen) atoms. The van der Waals surface area contributed by atoms with Gasteiger partial charge < -0.3 is 10.1 Å². The van der Waals surface area contributed by atoms with Gasteiger partial charge in [0.25, 0.3) is 0 Å². The maximum Gasteiger partial charge on any atom is 0.235 e. The molecule has 3 aromatic rings. The largest absolute Gasteiger partial charge is 0.481 e. The van der Waals surface area contributed by atoms with Gasteiger partial charge in [0.1, 0.15) is 18.2 Å². The highest BCUT2D eigenvalue weighted by Crippen LogP contribution is 2.44. The Morgan fingerprint density at radius 1 is 1.24 bits per heavy atom. The van der Waals surface area contributed by atoms with E-state index in [9.17, 15) is 4.79 Å². The summed E-state index contributed by atoms with van der Waals surface area (Å²) in [5.41, 5.74) is 5.07. The molecule has 0 aliphatic carbocycles. The van der Waals surface area contributed by atoms with Crippen molar-refractivity contribution < 1.29 is 9.53 Å². The standard InChI is InChI=1S/C23H21N3O2S/c1-4-13-28-18-11-9-17(10-12-18)22-21-16(3)25-26(19-8-6-5-7-15(19)2)23(21)24-20(27)14-29-22/h1,5-12,22H,13-14H2,2-3H3,(H,24,27). The third-order valence-corrected chi connectivity index (χ3v) is 6.13. The Hall–Kier alpha value is -3.17. The SMILES string of the molecule is C#CCOc1ccc(C2SCC(=O)Nc3c2c(C)nn3-c2ccccc2C)cc1. The van der Waals surface area contributed by atoms with E-state index in [0.717, 1.165) is 39.6 Å². The molecular formula is C23H21N3O2S. The Labute approximate surface area is 174 Å². The minimum absolute atomic E-state index is 0.0107. The summed E-state index contributed by atoms with van der Waals surface area (Å²) in [6.07, 6.45) is 5.26. The van der Waals surface area contributed by atoms with Gasteiger partial charge in [0.2, 0.25) is 5.91 Å². The maximum absolute atomic E-state index is 12.5. The summed E-state index contributed by atoms with van der Waals surface area (Å²) in [5, 5.41) is 7.83. The molecule has 1 amide bonds. The van der Waals surface area contributed by atoms with Crippen molar-refractivity contribution in [2.45, 2.75) is 19.1 Å². The molecule has 0 saturated carbocycles. The molecule has 0 radical (unpaired) electrons. The van der Waals surface area contributed by atoms with Gasteiger partial charge in [0.05, 0.1) is 22.4 Å². The molecule has 1 unspecified atom stereocenters. The molecule has 1 aliphatic heterocycles. The molecule has 1 N–H and O–H groups in total. The quantitative estimate of drug-likeness (QED) is 0.661. The minimum Gasteiger partial charge on any atom is -0.481 e. The molecule has 1 atom stereocenters. The number of para-hydroxylation sites is 1. The number of thioether (sulfide) groups is 1. The van der Waals surface area contributed by atoms with Crippen LogP contribution in [0.5, 0.6) is 5.75 Å². The first kappa shape index (κ1) is 19.2. The summed E-state index contributed by atoms with van der Waals surface area (Å²) in [6, 6.07) is 15.9. The molecule has 2 aromatic carbocycles. The van der Waals surface area contributed by atoms with E-state index < -0.39 is 0 Å². The predicted molar refractivity (Wildman–Crippen MR) is 117 cm³/mol. The molecule has 0 spiro atoms. The first-order valence-corrected chi connectivity index (χ1v) is 10.4. The number of nitrogens with zero attached hydrogens (tertiary/aromatic N) is 2. The summed E-state index contributed by atoms with van der Waals surface area (Å²) in [4.78, 5) is 12.5. The van der Waals surface area contributed by atoms with E-state index in [-0.39, 0.29) is 17.8 Å². The number of aryl methyl sites for hydroxylation is 2. The lowest BCUT2D eigenvalue weighted by Gasteiger charge is -2.16. The minimum atomic E-state index is -0.0255. The summed E-state index contributed by atoms with van der Waals surface area (Å²) >= 11 is 1.60. The maximum atomic E-state index is 12.5. The van der Waals surface area contributed by atoms with E-state index in [2.05, 4.69) is 11.2 Å². The van der Waals surface area contributed by atoms with Crippen molar-refractivity contribution in [3.8, 4) is 23.8 Å². The van der Waals surface area contributed by atoms with Crippen LogP contribution in [0, 0.1) is 26.2 Å². The second kappa shape index (κ2) is 8.06. The number of hydrogen-bond acceptors (Lipinski definition) is 4. The summed E-state index contributed by atoms with van der Waals surface area (Å²) in [6.45, 7) is 4.27. The van der Waals surface area contributed by atoms with Gasteiger partial charge in [-0.25, -0.2) is 4.68 Å². The Kier molecular flexibility index (Phi) is 5.32. The van der Waals surface area contributed by atoms with Crippen LogP contribution < -0.4 is 10.1 Å². The second-order valence-electron chi connectivity index (χ2n) is 6.85. The molecule has 2 heterocycles. The summed E-state index contributed by atoms with van der Waals surface area (Å²) < 4.78 is 7.33. The summed E-state index contributed by atoms with van der Waals surface area (Å²) in [7, 11) is 0. The molecule has 1 aromatic heterocycles. The Morgan fingerprint density at radius 3 is 2.72 bits per heavy atom. The van der Waals surface area contributed by atoms with Crippen LogP contribution in [0.4, 0.5) is 5.82 Å². The topological polar surface area (TPSA) is 56.1 Å². The van der Waals surface area contributed by atoms with Crippen LogP contribution >= 0.6 is 11.8 Å². The lowest BCUT2D eigenvalue weighted by molar-refractivity contribution is -0.113. The van der Waals surface area contributed by atoms with Gasteiger partial charge in [-0.05, 0) is 43.2 Å². The lowest BCUT2D eigenvalue weighted by atomic mass is 10.0. The van der Waals surface area contributed by atoms with Gasteiger partial charge in [0.15, 0.2) is 0 Å². The molecule has 6 heteroatoms. The van der Waals surface area contributed by atoms with Crippen LogP contribution in [-0.4, -0.2) is 28.0 Å². The number of carbonyl (C=O) groups excluding carboxylic acids is 1. The van der Waals surface area contributed by atoms with Gasteiger partial charge in [-0.1, -0.05) is 36.3 Å². The third kappa shape index (κ3) is 3.74. The number of rotatable bonds is 4. The molecule has 5 nitrogen and oxygen atoms in total. The monoisotopic (exact) mass is 403 g/mol. The van der Waals surface area contributed by atoms with Crippen LogP contribution in [0.25, 0.3) is 5.69 Å². The van der Waals surface area contributed by atoms with Gasteiger partial charge in [0, 0.05) is 5.56 Å². The highest BCUT2D eigenvalue weighted by Gasteiger charge is 2.30. The second-order valence-corrected chi connectivity index (χ2v) is 7.94. The zero-order valence-corrected chi connectivity index (χ0v) is 17.1. The fourth-order valence-corrected chi connectivity index (χ4v) is 4.67. The van der Waals surface area contributed by atoms with Crippen molar-refractivity contribution >= 4 is 23.5 Å². The van der Waals surface area contributed by atoms with Crippen molar-refractivity contribution in [2.24, 2.45) is 0 Å². The van der Waals surface area contributed by atoms with Crippen LogP contribution in [0.2, 0.25) is 0 Å². The van der Waals surface area contributed by atoms with Crippen molar-refractivity contribution in [3.63, 3.8) is 0 Å². The predicted octanol–water partition coefficient (Wildman–Crippen LogP) is 4.28. The van der Waals surface area contributed by atoms with E-state index in [1.807, 2.05) is 67.1 Å². The Bertz CT molecular complexity index is 1100. The van der Waals surface area contributed by atoms with Crippen LogP contribution in [0.3, 0.4) is 0 Å². The van der Waals surface area contributed by atoms with Crippen LogP contribution in [-0.2, 0) is 4.79 Å². The molecule has 0 fully saturated rings. The highest BCUT2D eigenvalue weighted by molar-refractivity contribution is 8.00. The van der Waals surface area contributed by atoms with Gasteiger partial charge >= 0.3 is 0 Å². The number of anilines is 1. The van der Waals surface area contributed by atoms with E-state index in [4.69, 9.17) is 16.3 Å². The third-order valence-electron chi connectivity index (χ3n) is 4.86. The van der Waals surface area contributed by atoms with E-state index >= 15 is 0 Å². The first-order chi connectivity index (χ1) is 14.1. The number of hydrogen-bond donors (Lipinski definition) is 1. The van der Waals surface area contributed by atoms with E-state index in [0.29, 0.717) is 5.75 Å². The number of benzene rings is 2. The number of carbonyl (C=O) groups is 1. The number of aromatic nitrogens is 2. The Morgan fingerprint density at radius 2 is 2.00 bits per heavy atom. The van der Waals surface area contributed by atoms with Gasteiger partial charge in [-0.3, -0.25) is 4.79 Å². The number of nitrogens with one attached hydrogen (secondary N) is 1. The van der Waals surface area contributed by atoms with E-state index in [1.54, 1.807) is 11.8 Å². The molecular weight excluding hydrogens is 382 g/mol. The van der Waals surface area contributed by atoms with Crippen LogP contribution in [0.15, 0.2) is 48.5 Å². The zero-order valence-electron chi connectivity index (χ0n) is 16.3. The normalized spacial score (nSPS) is 15.8. The van der Waals surface area contributed by atoms with Crippen molar-refractivity contribution in [3.05, 3.63) is 70.9 Å². The fraction of sp³-hybridized carbons (Fsp3) is 0.217. The molecule has 1 aliphatic rings. The average molecular weight is 404 g/mol. The molecule has 0 bridgehead atoms. The number of ether oxygens (including phenoxy) is 1. The summed E-state index contributed by atoms with van der Waals surface area (Å²) in [5.74, 6) is 4.29. The Balaban J connectivity index is 1.79. The van der Waals surface area contributed by atoms with Crippen LogP contribution in [0.1, 0.15) is 27.6 Å². The number of fused-ring (bicyclic) bond motifs is 1. The first-order valence-electron chi connectivity index (χ1n) is 9.31. The van der Waals surface area contributed by atoms with Gasteiger partial charge in [-0.15, -0.1) is 18.2 Å². The molecule has 0 saturated heterocycles. The van der Waals surface area contributed by atoms with E-state index in [1.165, 1.54) is 0 Å². The van der Waals surface area contributed by atoms with Crippen molar-refractivity contribution in [2.75, 3.05) is 17.7 Å². The molecule has 146 valence electrons. The lowest BCUT2D eigenvalue weighted by Crippen LogP contribution is -2.16. The zero-order chi connectivity index (χ0) is 20.4.